The summed E-state index contributed by atoms with van der Waals surface area (Å²) in [7, 11) is 0. The van der Waals surface area contributed by atoms with E-state index >= 15 is 0 Å². The molecule has 1 aromatic heterocycles. The molecule has 0 atom stereocenters. The fourth-order valence-corrected chi connectivity index (χ4v) is 2.90. The third-order valence-electron chi connectivity index (χ3n) is 3.73. The molecule has 1 N–H and O–H groups in total. The molecular weight excluding hydrogens is 361 g/mol. The van der Waals surface area contributed by atoms with Gasteiger partial charge in [0.05, 0.1) is 5.69 Å². The highest BCUT2D eigenvalue weighted by atomic mass is 35.5. The van der Waals surface area contributed by atoms with Gasteiger partial charge in [-0.2, -0.15) is 0 Å². The van der Waals surface area contributed by atoms with E-state index in [1.54, 1.807) is 16.8 Å². The number of aromatic nitrogens is 4. The summed E-state index contributed by atoms with van der Waals surface area (Å²) in [5.41, 5.74) is 3.38. The van der Waals surface area contributed by atoms with Crippen LogP contribution in [0.4, 0.5) is 5.69 Å². The number of anilines is 1. The molecule has 0 radical (unpaired) electrons. The Labute approximate surface area is 154 Å². The summed E-state index contributed by atoms with van der Waals surface area (Å²) >= 11 is 12.0. The van der Waals surface area contributed by atoms with E-state index in [2.05, 4.69) is 20.8 Å². The lowest BCUT2D eigenvalue weighted by atomic mass is 10.1. The zero-order chi connectivity index (χ0) is 17.8. The Kier molecular flexibility index (Phi) is 5.31. The molecule has 0 aliphatic carbocycles. The number of tetrazole rings is 1. The van der Waals surface area contributed by atoms with Crippen molar-refractivity contribution in [3.05, 3.63) is 63.9 Å². The molecule has 3 rings (SSSR count). The minimum atomic E-state index is -0.0995. The fourth-order valence-electron chi connectivity index (χ4n) is 2.40. The first kappa shape index (κ1) is 17.4. The van der Waals surface area contributed by atoms with Crippen molar-refractivity contribution in [2.45, 2.75) is 19.8 Å². The van der Waals surface area contributed by atoms with Gasteiger partial charge in [0.1, 0.15) is 6.33 Å². The van der Waals surface area contributed by atoms with Gasteiger partial charge in [-0.25, -0.2) is 4.68 Å². The van der Waals surface area contributed by atoms with E-state index in [0.29, 0.717) is 28.6 Å². The van der Waals surface area contributed by atoms with Crippen molar-refractivity contribution < 1.29 is 4.79 Å². The topological polar surface area (TPSA) is 72.7 Å². The zero-order valence-corrected chi connectivity index (χ0v) is 14.9. The molecule has 128 valence electrons. The maximum Gasteiger partial charge on any atom is 0.224 e. The van der Waals surface area contributed by atoms with Crippen LogP contribution in [-0.4, -0.2) is 26.1 Å². The van der Waals surface area contributed by atoms with Crippen molar-refractivity contribution in [3.8, 4) is 5.69 Å². The molecule has 0 aliphatic rings. The number of halogens is 2. The first-order chi connectivity index (χ1) is 12.0. The average molecular weight is 376 g/mol. The molecule has 1 heterocycles. The van der Waals surface area contributed by atoms with Gasteiger partial charge in [-0.05, 0) is 59.2 Å². The molecule has 0 spiro atoms. The molecule has 0 unspecified atom stereocenters. The van der Waals surface area contributed by atoms with Crippen LogP contribution in [0.1, 0.15) is 17.5 Å². The molecule has 25 heavy (non-hydrogen) atoms. The van der Waals surface area contributed by atoms with Crippen LogP contribution < -0.4 is 5.32 Å². The van der Waals surface area contributed by atoms with Crippen molar-refractivity contribution in [1.29, 1.82) is 0 Å². The minimum Gasteiger partial charge on any atom is -0.326 e. The summed E-state index contributed by atoms with van der Waals surface area (Å²) in [5, 5.41) is 15.2. The second kappa shape index (κ2) is 7.63. The Bertz CT molecular complexity index is 896. The van der Waals surface area contributed by atoms with Gasteiger partial charge in [0.25, 0.3) is 0 Å². The first-order valence-electron chi connectivity index (χ1n) is 7.61. The van der Waals surface area contributed by atoms with E-state index in [-0.39, 0.29) is 5.91 Å². The van der Waals surface area contributed by atoms with Crippen molar-refractivity contribution in [1.82, 2.24) is 20.2 Å². The van der Waals surface area contributed by atoms with Crippen molar-refractivity contribution >= 4 is 34.8 Å². The van der Waals surface area contributed by atoms with E-state index in [4.69, 9.17) is 23.2 Å². The lowest BCUT2D eigenvalue weighted by molar-refractivity contribution is -0.116. The Hall–Kier alpha value is -2.44. The summed E-state index contributed by atoms with van der Waals surface area (Å²) in [4.78, 5) is 12.2. The summed E-state index contributed by atoms with van der Waals surface area (Å²) in [6, 6.07) is 10.9. The Morgan fingerprint density at radius 2 is 2.04 bits per heavy atom. The summed E-state index contributed by atoms with van der Waals surface area (Å²) in [5.74, 6) is -0.0995. The lowest BCUT2D eigenvalue weighted by Gasteiger charge is -2.10. The summed E-state index contributed by atoms with van der Waals surface area (Å²) < 4.78 is 1.55. The summed E-state index contributed by atoms with van der Waals surface area (Å²) in [6.45, 7) is 1.95. The SMILES string of the molecule is Cc1ccc(NC(=O)CCc2ccc(Cl)cc2Cl)cc1-n1cnnn1. The van der Waals surface area contributed by atoms with Gasteiger partial charge in [-0.1, -0.05) is 35.3 Å². The number of amides is 1. The third kappa shape index (κ3) is 4.35. The van der Waals surface area contributed by atoms with Gasteiger partial charge in [0.2, 0.25) is 5.91 Å². The standard InChI is InChI=1S/C17H15Cl2N5O/c1-11-2-6-14(9-16(11)24-10-20-22-23-24)21-17(25)7-4-12-3-5-13(18)8-15(12)19/h2-3,5-6,8-10H,4,7H2,1H3,(H,21,25). The molecule has 8 heteroatoms. The van der Waals surface area contributed by atoms with Crippen LogP contribution in [0.25, 0.3) is 5.69 Å². The molecule has 0 saturated heterocycles. The number of hydrogen-bond donors (Lipinski definition) is 1. The quantitative estimate of drug-likeness (QED) is 0.734. The maximum atomic E-state index is 12.2. The van der Waals surface area contributed by atoms with Crippen molar-refractivity contribution in [2.75, 3.05) is 5.32 Å². The first-order valence-corrected chi connectivity index (χ1v) is 8.36. The lowest BCUT2D eigenvalue weighted by Crippen LogP contribution is -2.13. The Morgan fingerprint density at radius 3 is 2.76 bits per heavy atom. The minimum absolute atomic E-state index is 0.0995. The molecule has 0 aliphatic heterocycles. The van der Waals surface area contributed by atoms with Gasteiger partial charge in [0.15, 0.2) is 0 Å². The number of carbonyl (C=O) groups is 1. The maximum absolute atomic E-state index is 12.2. The van der Waals surface area contributed by atoms with Crippen molar-refractivity contribution in [2.24, 2.45) is 0 Å². The predicted molar refractivity (Wildman–Crippen MR) is 97.3 cm³/mol. The van der Waals surface area contributed by atoms with E-state index in [0.717, 1.165) is 16.8 Å². The molecule has 0 bridgehead atoms. The summed E-state index contributed by atoms with van der Waals surface area (Å²) in [6.07, 6.45) is 2.36. The van der Waals surface area contributed by atoms with Gasteiger partial charge >= 0.3 is 0 Å². The third-order valence-corrected chi connectivity index (χ3v) is 4.31. The monoisotopic (exact) mass is 375 g/mol. The zero-order valence-electron chi connectivity index (χ0n) is 13.4. The average Bonchev–Trinajstić information content (AvgIpc) is 3.10. The molecule has 3 aromatic rings. The van der Waals surface area contributed by atoms with Crippen LogP contribution in [0, 0.1) is 6.92 Å². The van der Waals surface area contributed by atoms with Gasteiger partial charge in [-0.15, -0.1) is 5.10 Å². The highest BCUT2D eigenvalue weighted by molar-refractivity contribution is 6.35. The Morgan fingerprint density at radius 1 is 1.20 bits per heavy atom. The Balaban J connectivity index is 1.66. The second-order valence-corrected chi connectivity index (χ2v) is 6.38. The molecule has 0 fully saturated rings. The fraction of sp³-hybridized carbons (Fsp3) is 0.176. The van der Waals surface area contributed by atoms with E-state index in [1.807, 2.05) is 31.2 Å². The van der Waals surface area contributed by atoms with Gasteiger partial charge in [-0.3, -0.25) is 4.79 Å². The molecule has 2 aromatic carbocycles. The molecule has 0 saturated carbocycles. The van der Waals surface area contributed by atoms with Crippen LogP contribution in [-0.2, 0) is 11.2 Å². The largest absolute Gasteiger partial charge is 0.326 e. The second-order valence-electron chi connectivity index (χ2n) is 5.54. The van der Waals surface area contributed by atoms with E-state index in [9.17, 15) is 4.79 Å². The molecular formula is C17H15Cl2N5O. The van der Waals surface area contributed by atoms with Crippen LogP contribution in [0.5, 0.6) is 0 Å². The van der Waals surface area contributed by atoms with Crippen LogP contribution in [0.3, 0.4) is 0 Å². The van der Waals surface area contributed by atoms with Crippen LogP contribution in [0.15, 0.2) is 42.7 Å². The smallest absolute Gasteiger partial charge is 0.224 e. The van der Waals surface area contributed by atoms with Gasteiger partial charge < -0.3 is 5.32 Å². The van der Waals surface area contributed by atoms with Gasteiger partial charge in [0, 0.05) is 22.2 Å². The highest BCUT2D eigenvalue weighted by Crippen LogP contribution is 2.23. The number of nitrogens with zero attached hydrogens (tertiary/aromatic N) is 4. The van der Waals surface area contributed by atoms with E-state index in [1.165, 1.54) is 6.33 Å². The predicted octanol–water partition coefficient (Wildman–Crippen LogP) is 3.85. The number of benzene rings is 2. The van der Waals surface area contributed by atoms with Crippen molar-refractivity contribution in [3.63, 3.8) is 0 Å². The normalized spacial score (nSPS) is 10.7. The number of nitrogens with one attached hydrogen (secondary N) is 1. The number of aryl methyl sites for hydroxylation is 2. The number of hydrogen-bond acceptors (Lipinski definition) is 4. The molecule has 6 nitrogen and oxygen atoms in total. The molecule has 1 amide bonds. The number of rotatable bonds is 5. The highest BCUT2D eigenvalue weighted by Gasteiger charge is 2.09. The van der Waals surface area contributed by atoms with Crippen LogP contribution >= 0.6 is 23.2 Å². The van der Waals surface area contributed by atoms with E-state index < -0.39 is 0 Å². The number of carbonyl (C=O) groups excluding carboxylic acids is 1. The van der Waals surface area contributed by atoms with Crippen LogP contribution in [0.2, 0.25) is 10.0 Å².